The van der Waals surface area contributed by atoms with Crippen molar-refractivity contribution in [1.29, 1.82) is 0 Å². The highest BCUT2D eigenvalue weighted by Crippen LogP contribution is 2.12. The van der Waals surface area contributed by atoms with Crippen molar-refractivity contribution in [3.05, 3.63) is 12.2 Å². The smallest absolute Gasteiger partial charge is 0.331 e. The Hall–Kier alpha value is -1.32. The van der Waals surface area contributed by atoms with Crippen LogP contribution in [0.25, 0.3) is 0 Å². The molecule has 0 N–H and O–H groups in total. The standard InChI is InChI=1S/C9H12O4/c1-12-8(10)4-2-3-7-5-6-9(11)13-7/h5-7H,2-4H2,1H3/t7-/m0/s1. The monoisotopic (exact) mass is 184 g/mol. The van der Waals surface area contributed by atoms with Crippen LogP contribution in [0.3, 0.4) is 0 Å². The van der Waals surface area contributed by atoms with Crippen LogP contribution in [0.4, 0.5) is 0 Å². The zero-order valence-electron chi connectivity index (χ0n) is 7.49. The normalized spacial score (nSPS) is 20.1. The first-order valence-electron chi connectivity index (χ1n) is 4.18. The van der Waals surface area contributed by atoms with Gasteiger partial charge in [-0.05, 0) is 18.9 Å². The molecule has 1 rings (SSSR count). The third-order valence-corrected chi connectivity index (χ3v) is 1.81. The van der Waals surface area contributed by atoms with Gasteiger partial charge in [0.1, 0.15) is 6.10 Å². The molecule has 1 heterocycles. The summed E-state index contributed by atoms with van der Waals surface area (Å²) in [7, 11) is 1.36. The Kier molecular flexibility index (Phi) is 3.49. The van der Waals surface area contributed by atoms with Crippen LogP contribution in [0.5, 0.6) is 0 Å². The van der Waals surface area contributed by atoms with Gasteiger partial charge in [-0.1, -0.05) is 0 Å². The van der Waals surface area contributed by atoms with E-state index in [1.165, 1.54) is 13.2 Å². The highest BCUT2D eigenvalue weighted by atomic mass is 16.5. The molecule has 0 radical (unpaired) electrons. The second-order valence-corrected chi connectivity index (χ2v) is 2.80. The Labute approximate surface area is 76.5 Å². The van der Waals surface area contributed by atoms with Crippen molar-refractivity contribution in [2.24, 2.45) is 0 Å². The quantitative estimate of drug-likeness (QED) is 0.607. The summed E-state index contributed by atoms with van der Waals surface area (Å²) in [5, 5.41) is 0. The molecule has 1 aliphatic heterocycles. The van der Waals surface area contributed by atoms with Gasteiger partial charge in [-0.25, -0.2) is 4.79 Å². The van der Waals surface area contributed by atoms with Crippen LogP contribution >= 0.6 is 0 Å². The molecule has 0 spiro atoms. The largest absolute Gasteiger partial charge is 0.469 e. The maximum Gasteiger partial charge on any atom is 0.331 e. The Morgan fingerprint density at radius 2 is 2.46 bits per heavy atom. The summed E-state index contributed by atoms with van der Waals surface area (Å²) in [6.45, 7) is 0. The summed E-state index contributed by atoms with van der Waals surface area (Å²) in [4.78, 5) is 21.3. The molecule has 0 aromatic heterocycles. The molecule has 0 aromatic carbocycles. The van der Waals surface area contributed by atoms with Crippen LogP contribution in [0, 0.1) is 0 Å². The molecule has 0 fully saturated rings. The maximum absolute atomic E-state index is 10.7. The summed E-state index contributed by atoms with van der Waals surface area (Å²) >= 11 is 0. The fourth-order valence-electron chi connectivity index (χ4n) is 1.12. The molecular formula is C9H12O4. The number of carbonyl (C=O) groups excluding carboxylic acids is 2. The van der Waals surface area contributed by atoms with Crippen LogP contribution < -0.4 is 0 Å². The lowest BCUT2D eigenvalue weighted by Gasteiger charge is -2.06. The second kappa shape index (κ2) is 4.64. The van der Waals surface area contributed by atoms with Crippen molar-refractivity contribution in [2.45, 2.75) is 25.4 Å². The third-order valence-electron chi connectivity index (χ3n) is 1.81. The van der Waals surface area contributed by atoms with E-state index >= 15 is 0 Å². The average molecular weight is 184 g/mol. The molecule has 0 amide bonds. The molecule has 13 heavy (non-hydrogen) atoms. The van der Waals surface area contributed by atoms with E-state index in [0.717, 1.165) is 0 Å². The van der Waals surface area contributed by atoms with Gasteiger partial charge in [-0.3, -0.25) is 4.79 Å². The lowest BCUT2D eigenvalue weighted by atomic mass is 10.1. The number of hydrogen-bond acceptors (Lipinski definition) is 4. The van der Waals surface area contributed by atoms with E-state index in [0.29, 0.717) is 19.3 Å². The number of cyclic esters (lactones) is 1. The van der Waals surface area contributed by atoms with Crippen molar-refractivity contribution in [3.8, 4) is 0 Å². The number of rotatable bonds is 4. The van der Waals surface area contributed by atoms with Crippen molar-refractivity contribution in [2.75, 3.05) is 7.11 Å². The van der Waals surface area contributed by atoms with Gasteiger partial charge in [0.05, 0.1) is 7.11 Å². The van der Waals surface area contributed by atoms with Gasteiger partial charge in [0.25, 0.3) is 0 Å². The lowest BCUT2D eigenvalue weighted by molar-refractivity contribution is -0.140. The first kappa shape index (κ1) is 9.77. The summed E-state index contributed by atoms with van der Waals surface area (Å²) in [6, 6.07) is 0. The van der Waals surface area contributed by atoms with E-state index in [1.807, 2.05) is 0 Å². The van der Waals surface area contributed by atoms with E-state index in [1.54, 1.807) is 6.08 Å². The average Bonchev–Trinajstić information content (AvgIpc) is 2.51. The molecule has 0 saturated heterocycles. The van der Waals surface area contributed by atoms with Crippen molar-refractivity contribution in [3.63, 3.8) is 0 Å². The summed E-state index contributed by atoms with van der Waals surface area (Å²) in [6.07, 6.45) is 4.68. The Balaban J connectivity index is 2.10. The molecule has 0 unspecified atom stereocenters. The molecule has 0 saturated carbocycles. The Morgan fingerprint density at radius 1 is 1.69 bits per heavy atom. The molecule has 0 aromatic rings. The zero-order valence-corrected chi connectivity index (χ0v) is 7.49. The van der Waals surface area contributed by atoms with Crippen LogP contribution in [-0.4, -0.2) is 25.2 Å². The maximum atomic E-state index is 10.7. The molecule has 4 heteroatoms. The molecule has 1 aliphatic rings. The van der Waals surface area contributed by atoms with Gasteiger partial charge in [-0.15, -0.1) is 0 Å². The molecule has 72 valence electrons. The first-order valence-corrected chi connectivity index (χ1v) is 4.18. The fourth-order valence-corrected chi connectivity index (χ4v) is 1.12. The third kappa shape index (κ3) is 3.27. The highest BCUT2D eigenvalue weighted by molar-refractivity contribution is 5.84. The van der Waals surface area contributed by atoms with Gasteiger partial charge >= 0.3 is 11.9 Å². The Morgan fingerprint density at radius 3 is 3.00 bits per heavy atom. The van der Waals surface area contributed by atoms with Crippen molar-refractivity contribution >= 4 is 11.9 Å². The summed E-state index contributed by atoms with van der Waals surface area (Å²) in [5.41, 5.74) is 0. The Bertz CT molecular complexity index is 232. The molecular weight excluding hydrogens is 172 g/mol. The molecule has 0 bridgehead atoms. The minimum Gasteiger partial charge on any atom is -0.469 e. The topological polar surface area (TPSA) is 52.6 Å². The summed E-state index contributed by atoms with van der Waals surface area (Å²) in [5.74, 6) is -0.531. The minimum atomic E-state index is -0.303. The van der Waals surface area contributed by atoms with E-state index in [2.05, 4.69) is 4.74 Å². The van der Waals surface area contributed by atoms with Crippen LogP contribution in [-0.2, 0) is 19.1 Å². The van der Waals surface area contributed by atoms with Crippen LogP contribution in [0.2, 0.25) is 0 Å². The van der Waals surface area contributed by atoms with E-state index < -0.39 is 0 Å². The van der Waals surface area contributed by atoms with Gasteiger partial charge < -0.3 is 9.47 Å². The van der Waals surface area contributed by atoms with E-state index in [4.69, 9.17) is 4.74 Å². The van der Waals surface area contributed by atoms with Crippen LogP contribution in [0.15, 0.2) is 12.2 Å². The van der Waals surface area contributed by atoms with Crippen molar-refractivity contribution < 1.29 is 19.1 Å². The van der Waals surface area contributed by atoms with Gasteiger partial charge in [0.2, 0.25) is 0 Å². The number of methoxy groups -OCH3 is 1. The summed E-state index contributed by atoms with van der Waals surface area (Å²) < 4.78 is 9.35. The number of esters is 2. The predicted molar refractivity (Wildman–Crippen MR) is 44.9 cm³/mol. The first-order chi connectivity index (χ1) is 6.22. The SMILES string of the molecule is COC(=O)CCC[C@H]1C=CC(=O)O1. The fraction of sp³-hybridized carbons (Fsp3) is 0.556. The molecule has 4 nitrogen and oxygen atoms in total. The predicted octanol–water partition coefficient (Wildman–Crippen LogP) is 0.811. The molecule has 0 aliphatic carbocycles. The van der Waals surface area contributed by atoms with Crippen LogP contribution in [0.1, 0.15) is 19.3 Å². The van der Waals surface area contributed by atoms with Gasteiger partial charge in [-0.2, -0.15) is 0 Å². The number of carbonyl (C=O) groups is 2. The van der Waals surface area contributed by atoms with E-state index in [-0.39, 0.29) is 18.0 Å². The van der Waals surface area contributed by atoms with Crippen molar-refractivity contribution in [1.82, 2.24) is 0 Å². The lowest BCUT2D eigenvalue weighted by Crippen LogP contribution is -2.08. The molecule has 1 atom stereocenters. The van der Waals surface area contributed by atoms with Gasteiger partial charge in [0, 0.05) is 12.5 Å². The second-order valence-electron chi connectivity index (χ2n) is 2.80. The zero-order chi connectivity index (χ0) is 9.68. The number of hydrogen-bond donors (Lipinski definition) is 0. The number of ether oxygens (including phenoxy) is 2. The minimum absolute atomic E-state index is 0.155. The highest BCUT2D eigenvalue weighted by Gasteiger charge is 2.16. The van der Waals surface area contributed by atoms with E-state index in [9.17, 15) is 9.59 Å². The van der Waals surface area contributed by atoms with Gasteiger partial charge in [0.15, 0.2) is 0 Å².